The SMILES string of the molecule is CC(C)(C)c1csc(CNC(=O)c2coc(CC3CC3)n2)n1. The summed E-state index contributed by atoms with van der Waals surface area (Å²) in [4.78, 5) is 20.9. The molecule has 0 bridgehead atoms. The Labute approximate surface area is 134 Å². The standard InChI is InChI=1S/C16H21N3O2S/c1-16(2,3)12-9-22-14(19-12)7-17-15(20)11-8-21-13(18-11)6-10-4-5-10/h8-10H,4-7H2,1-3H3,(H,17,20). The van der Waals surface area contributed by atoms with Crippen LogP contribution in [0.2, 0.25) is 0 Å². The number of hydrogen-bond acceptors (Lipinski definition) is 5. The third kappa shape index (κ3) is 3.74. The van der Waals surface area contributed by atoms with Crippen LogP contribution in [0.3, 0.4) is 0 Å². The van der Waals surface area contributed by atoms with E-state index in [1.165, 1.54) is 19.1 Å². The Hall–Kier alpha value is -1.69. The largest absolute Gasteiger partial charge is 0.448 e. The topological polar surface area (TPSA) is 68.0 Å². The molecule has 0 radical (unpaired) electrons. The van der Waals surface area contributed by atoms with E-state index in [9.17, 15) is 4.79 Å². The molecular formula is C16H21N3O2S. The Morgan fingerprint density at radius 2 is 2.18 bits per heavy atom. The predicted octanol–water partition coefficient (Wildman–Crippen LogP) is 3.31. The zero-order valence-corrected chi connectivity index (χ0v) is 14.0. The van der Waals surface area contributed by atoms with Gasteiger partial charge in [-0.15, -0.1) is 11.3 Å². The van der Waals surface area contributed by atoms with Gasteiger partial charge in [0.25, 0.3) is 5.91 Å². The first-order chi connectivity index (χ1) is 10.4. The van der Waals surface area contributed by atoms with E-state index in [4.69, 9.17) is 4.42 Å². The quantitative estimate of drug-likeness (QED) is 0.918. The van der Waals surface area contributed by atoms with Gasteiger partial charge in [-0.1, -0.05) is 20.8 Å². The van der Waals surface area contributed by atoms with Crippen LogP contribution in [0.25, 0.3) is 0 Å². The summed E-state index contributed by atoms with van der Waals surface area (Å²) < 4.78 is 5.35. The normalized spacial score (nSPS) is 15.0. The van der Waals surface area contributed by atoms with E-state index in [1.54, 1.807) is 11.3 Å². The van der Waals surface area contributed by atoms with E-state index in [1.807, 2.05) is 5.38 Å². The zero-order valence-electron chi connectivity index (χ0n) is 13.2. The minimum Gasteiger partial charge on any atom is -0.448 e. The number of thiazole rings is 1. The van der Waals surface area contributed by atoms with Crippen LogP contribution in [-0.2, 0) is 18.4 Å². The van der Waals surface area contributed by atoms with Gasteiger partial charge in [0.1, 0.15) is 11.3 Å². The molecule has 1 amide bonds. The van der Waals surface area contributed by atoms with Crippen molar-refractivity contribution in [2.24, 2.45) is 5.92 Å². The highest BCUT2D eigenvalue weighted by Gasteiger charge is 2.24. The van der Waals surface area contributed by atoms with E-state index >= 15 is 0 Å². The fourth-order valence-corrected chi connectivity index (χ4v) is 3.02. The molecule has 0 atom stereocenters. The maximum atomic E-state index is 12.1. The van der Waals surface area contributed by atoms with Crippen molar-refractivity contribution in [3.63, 3.8) is 0 Å². The highest BCUT2D eigenvalue weighted by Crippen LogP contribution is 2.32. The number of carbonyl (C=O) groups is 1. The van der Waals surface area contributed by atoms with Gasteiger partial charge in [0, 0.05) is 17.2 Å². The molecule has 22 heavy (non-hydrogen) atoms. The van der Waals surface area contributed by atoms with Crippen molar-refractivity contribution in [3.8, 4) is 0 Å². The van der Waals surface area contributed by atoms with Crippen LogP contribution < -0.4 is 5.32 Å². The lowest BCUT2D eigenvalue weighted by Crippen LogP contribution is -2.23. The monoisotopic (exact) mass is 319 g/mol. The number of rotatable bonds is 5. The Balaban J connectivity index is 1.55. The summed E-state index contributed by atoms with van der Waals surface area (Å²) in [5, 5.41) is 5.80. The number of amides is 1. The van der Waals surface area contributed by atoms with E-state index in [0.29, 0.717) is 24.0 Å². The first-order valence-electron chi connectivity index (χ1n) is 7.59. The van der Waals surface area contributed by atoms with Gasteiger partial charge in [0.15, 0.2) is 11.6 Å². The van der Waals surface area contributed by atoms with Gasteiger partial charge < -0.3 is 9.73 Å². The van der Waals surface area contributed by atoms with Crippen molar-refractivity contribution in [2.45, 2.75) is 52.0 Å². The van der Waals surface area contributed by atoms with Crippen LogP contribution in [-0.4, -0.2) is 15.9 Å². The zero-order chi connectivity index (χ0) is 15.7. The average Bonchev–Trinajstić information content (AvgIpc) is 2.95. The van der Waals surface area contributed by atoms with E-state index < -0.39 is 0 Å². The van der Waals surface area contributed by atoms with Crippen molar-refractivity contribution in [2.75, 3.05) is 0 Å². The van der Waals surface area contributed by atoms with E-state index in [-0.39, 0.29) is 11.3 Å². The van der Waals surface area contributed by atoms with Crippen molar-refractivity contribution in [3.05, 3.63) is 33.9 Å². The molecule has 2 aromatic heterocycles. The fraction of sp³-hybridized carbons (Fsp3) is 0.562. The van der Waals surface area contributed by atoms with Crippen LogP contribution in [0.1, 0.15) is 60.7 Å². The minimum atomic E-state index is -0.210. The first-order valence-corrected chi connectivity index (χ1v) is 8.47. The Kier molecular flexibility index (Phi) is 4.04. The highest BCUT2D eigenvalue weighted by molar-refractivity contribution is 7.09. The number of nitrogens with zero attached hydrogens (tertiary/aromatic N) is 2. The summed E-state index contributed by atoms with van der Waals surface area (Å²) in [6, 6.07) is 0. The smallest absolute Gasteiger partial charge is 0.273 e. The van der Waals surface area contributed by atoms with Gasteiger partial charge in [0.05, 0.1) is 12.2 Å². The summed E-state index contributed by atoms with van der Waals surface area (Å²) in [6.45, 7) is 6.80. The maximum Gasteiger partial charge on any atom is 0.273 e. The molecule has 6 heteroatoms. The summed E-state index contributed by atoms with van der Waals surface area (Å²) in [6.07, 6.45) is 4.76. The van der Waals surface area contributed by atoms with Gasteiger partial charge >= 0.3 is 0 Å². The molecular weight excluding hydrogens is 298 g/mol. The summed E-state index contributed by atoms with van der Waals surface area (Å²) in [5.74, 6) is 1.15. The van der Waals surface area contributed by atoms with Crippen molar-refractivity contribution in [1.29, 1.82) is 0 Å². The number of oxazole rings is 1. The predicted molar refractivity (Wildman–Crippen MR) is 84.9 cm³/mol. The molecule has 1 fully saturated rings. The number of aromatic nitrogens is 2. The van der Waals surface area contributed by atoms with Gasteiger partial charge in [-0.05, 0) is 18.8 Å². The van der Waals surface area contributed by atoms with Crippen LogP contribution in [0.4, 0.5) is 0 Å². The lowest BCUT2D eigenvalue weighted by Gasteiger charge is -2.14. The molecule has 1 aliphatic carbocycles. The minimum absolute atomic E-state index is 0.0303. The van der Waals surface area contributed by atoms with Crippen LogP contribution in [0.5, 0.6) is 0 Å². The lowest BCUT2D eigenvalue weighted by molar-refractivity contribution is 0.0946. The molecule has 0 unspecified atom stereocenters. The van der Waals surface area contributed by atoms with Gasteiger partial charge in [0.2, 0.25) is 0 Å². The highest BCUT2D eigenvalue weighted by atomic mass is 32.1. The van der Waals surface area contributed by atoms with E-state index in [2.05, 4.69) is 36.1 Å². The molecule has 1 aliphatic rings. The fourth-order valence-electron chi connectivity index (χ4n) is 2.06. The van der Waals surface area contributed by atoms with Crippen molar-refractivity contribution >= 4 is 17.2 Å². The molecule has 0 aliphatic heterocycles. The molecule has 3 rings (SSSR count). The molecule has 1 saturated carbocycles. The third-order valence-corrected chi connectivity index (χ3v) is 4.51. The number of hydrogen-bond donors (Lipinski definition) is 1. The van der Waals surface area contributed by atoms with Gasteiger partial charge in [-0.3, -0.25) is 4.79 Å². The molecule has 1 N–H and O–H groups in total. The molecule has 0 spiro atoms. The van der Waals surface area contributed by atoms with E-state index in [0.717, 1.165) is 17.1 Å². The summed E-state index contributed by atoms with van der Waals surface area (Å²) in [7, 11) is 0. The molecule has 0 aromatic carbocycles. The molecule has 0 saturated heterocycles. The number of carbonyl (C=O) groups excluding carboxylic acids is 1. The van der Waals surface area contributed by atoms with Crippen molar-refractivity contribution in [1.82, 2.24) is 15.3 Å². The van der Waals surface area contributed by atoms with Crippen molar-refractivity contribution < 1.29 is 9.21 Å². The second kappa shape index (κ2) is 5.83. The Bertz CT molecular complexity index is 665. The first kappa shape index (κ1) is 15.2. The molecule has 2 heterocycles. The van der Waals surface area contributed by atoms with Crippen LogP contribution >= 0.6 is 11.3 Å². The average molecular weight is 319 g/mol. The summed E-state index contributed by atoms with van der Waals surface area (Å²) >= 11 is 1.57. The molecule has 118 valence electrons. The number of nitrogens with one attached hydrogen (secondary N) is 1. The lowest BCUT2D eigenvalue weighted by atomic mass is 9.93. The third-order valence-electron chi connectivity index (χ3n) is 3.66. The van der Waals surface area contributed by atoms with Gasteiger partial charge in [-0.25, -0.2) is 9.97 Å². The van der Waals surface area contributed by atoms with Crippen LogP contribution in [0.15, 0.2) is 16.1 Å². The second-order valence-corrected chi connectivity index (χ2v) is 7.78. The summed E-state index contributed by atoms with van der Waals surface area (Å²) in [5.41, 5.74) is 1.43. The van der Waals surface area contributed by atoms with Crippen LogP contribution in [0, 0.1) is 5.92 Å². The second-order valence-electron chi connectivity index (χ2n) is 6.83. The Morgan fingerprint density at radius 3 is 2.82 bits per heavy atom. The maximum absolute atomic E-state index is 12.1. The molecule has 2 aromatic rings. The van der Waals surface area contributed by atoms with Gasteiger partial charge in [-0.2, -0.15) is 0 Å². The Morgan fingerprint density at radius 1 is 1.41 bits per heavy atom. The molecule has 5 nitrogen and oxygen atoms in total.